The second kappa shape index (κ2) is 13.3. The van der Waals surface area contributed by atoms with E-state index in [0.29, 0.717) is 40.6 Å². The number of anilines is 1. The Labute approximate surface area is 281 Å². The molecule has 1 fully saturated rings. The van der Waals surface area contributed by atoms with Crippen molar-refractivity contribution in [1.82, 2.24) is 35.0 Å². The molecule has 11 heteroatoms. The van der Waals surface area contributed by atoms with E-state index in [2.05, 4.69) is 40.3 Å². The number of fused-ring (bicyclic) bond motifs is 2. The van der Waals surface area contributed by atoms with Gasteiger partial charge in [-0.1, -0.05) is 30.3 Å². The van der Waals surface area contributed by atoms with E-state index in [4.69, 9.17) is 4.74 Å². The largest absolute Gasteiger partial charge is 0.492 e. The fourth-order valence-electron chi connectivity index (χ4n) is 6.42. The number of nitrogens with one attached hydrogen (secondary N) is 3. The summed E-state index contributed by atoms with van der Waals surface area (Å²) in [6.45, 7) is 3.51. The third-order valence-electron chi connectivity index (χ3n) is 8.82. The van der Waals surface area contributed by atoms with Crippen molar-refractivity contribution in [2.24, 2.45) is 0 Å². The number of rotatable bonds is 10. The number of hydrogen-bond donors (Lipinski definition) is 3. The smallest absolute Gasteiger partial charge is 0.228 e. The topological polar surface area (TPSA) is 125 Å². The van der Waals surface area contributed by atoms with Gasteiger partial charge >= 0.3 is 0 Å². The molecule has 0 saturated carbocycles. The first-order valence-corrected chi connectivity index (χ1v) is 16.3. The molecule has 0 radical (unpaired) electrons. The predicted molar refractivity (Wildman–Crippen MR) is 188 cm³/mol. The fourth-order valence-corrected chi connectivity index (χ4v) is 6.42. The molecule has 0 aliphatic carbocycles. The minimum Gasteiger partial charge on any atom is -0.492 e. The monoisotopic (exact) mass is 652 g/mol. The Morgan fingerprint density at radius 1 is 0.918 bits per heavy atom. The van der Waals surface area contributed by atoms with Crippen molar-refractivity contribution < 1.29 is 13.9 Å². The number of H-pyrrole nitrogens is 2. The summed E-state index contributed by atoms with van der Waals surface area (Å²) < 4.78 is 20.8. The highest BCUT2D eigenvalue weighted by atomic mass is 19.1. The van der Waals surface area contributed by atoms with Gasteiger partial charge in [0, 0.05) is 41.3 Å². The molecule has 1 amide bonds. The lowest BCUT2D eigenvalue weighted by atomic mass is 10.0. The highest BCUT2D eigenvalue weighted by Gasteiger charge is 2.17. The molecule has 1 saturated heterocycles. The van der Waals surface area contributed by atoms with Crippen molar-refractivity contribution in [3.05, 3.63) is 109 Å². The molecule has 2 aromatic carbocycles. The standard InChI is InChI=1S/C38H33FN8O2/c39-27-15-25(17-29(18-27)49-13-12-47-10-4-5-11-47)30-8-9-41-38-31(30)19-34(44-38)37-32-20-33(42-23-35(32)45-46-37)26-16-28(22-40-21-26)43-36(48)14-24-6-2-1-3-7-24/h1-3,6-9,15-23H,4-5,10-14H2,(H,41,44)(H,43,48)(H,45,46). The van der Waals surface area contributed by atoms with Crippen LogP contribution >= 0.6 is 0 Å². The lowest BCUT2D eigenvalue weighted by molar-refractivity contribution is -0.115. The normalized spacial score (nSPS) is 13.3. The number of nitrogens with zero attached hydrogens (tertiary/aromatic N) is 5. The van der Waals surface area contributed by atoms with E-state index in [9.17, 15) is 9.18 Å². The number of aromatic nitrogens is 6. The first-order valence-electron chi connectivity index (χ1n) is 16.3. The Hall–Kier alpha value is -5.94. The van der Waals surface area contributed by atoms with Gasteiger partial charge in [-0.25, -0.2) is 9.37 Å². The molecule has 6 heterocycles. The van der Waals surface area contributed by atoms with Crippen LogP contribution in [0.5, 0.6) is 5.75 Å². The van der Waals surface area contributed by atoms with Crippen LogP contribution in [-0.4, -0.2) is 67.2 Å². The first-order chi connectivity index (χ1) is 24.1. The molecule has 3 N–H and O–H groups in total. The molecular formula is C38H33FN8O2. The van der Waals surface area contributed by atoms with Crippen molar-refractivity contribution in [3.63, 3.8) is 0 Å². The Bertz CT molecular complexity index is 2280. The summed E-state index contributed by atoms with van der Waals surface area (Å²) in [5, 5.41) is 12.3. The van der Waals surface area contributed by atoms with Gasteiger partial charge in [-0.15, -0.1) is 0 Å². The number of halogens is 1. The van der Waals surface area contributed by atoms with E-state index in [1.807, 2.05) is 60.7 Å². The van der Waals surface area contributed by atoms with Crippen LogP contribution in [0.3, 0.4) is 0 Å². The van der Waals surface area contributed by atoms with Crippen LogP contribution in [0.15, 0.2) is 97.6 Å². The van der Waals surface area contributed by atoms with E-state index in [0.717, 1.165) is 58.3 Å². The van der Waals surface area contributed by atoms with E-state index < -0.39 is 0 Å². The minimum atomic E-state index is -0.359. The molecule has 5 aromatic heterocycles. The Morgan fingerprint density at radius 3 is 2.67 bits per heavy atom. The van der Waals surface area contributed by atoms with E-state index in [1.54, 1.807) is 24.8 Å². The number of likely N-dealkylation sites (tertiary alicyclic amines) is 1. The van der Waals surface area contributed by atoms with Crippen molar-refractivity contribution in [2.75, 3.05) is 31.6 Å². The van der Waals surface area contributed by atoms with Crippen molar-refractivity contribution >= 4 is 33.5 Å². The van der Waals surface area contributed by atoms with Crippen molar-refractivity contribution in [1.29, 1.82) is 0 Å². The average Bonchev–Trinajstić information content (AvgIpc) is 3.88. The van der Waals surface area contributed by atoms with Gasteiger partial charge in [-0.3, -0.25) is 24.8 Å². The molecule has 1 aliphatic rings. The van der Waals surface area contributed by atoms with Gasteiger partial charge in [-0.2, -0.15) is 5.10 Å². The molecule has 1 aliphatic heterocycles. The summed E-state index contributed by atoms with van der Waals surface area (Å²) in [4.78, 5) is 32.0. The number of pyridine rings is 3. The molecule has 7 aromatic rings. The van der Waals surface area contributed by atoms with Gasteiger partial charge in [0.15, 0.2) is 0 Å². The minimum absolute atomic E-state index is 0.128. The molecular weight excluding hydrogens is 619 g/mol. The van der Waals surface area contributed by atoms with E-state index in [1.165, 1.54) is 25.0 Å². The highest BCUT2D eigenvalue weighted by molar-refractivity contribution is 6.00. The number of hydrogen-bond acceptors (Lipinski definition) is 7. The van der Waals surface area contributed by atoms with E-state index in [-0.39, 0.29) is 18.1 Å². The number of aromatic amines is 2. The Kier molecular flexibility index (Phi) is 8.24. The van der Waals surface area contributed by atoms with Gasteiger partial charge in [0.1, 0.15) is 29.5 Å². The maximum atomic E-state index is 14.8. The van der Waals surface area contributed by atoms with Crippen molar-refractivity contribution in [3.8, 4) is 39.5 Å². The summed E-state index contributed by atoms with van der Waals surface area (Å²) in [6.07, 6.45) is 9.47. The van der Waals surface area contributed by atoms with Crippen molar-refractivity contribution in [2.45, 2.75) is 19.3 Å². The molecule has 0 atom stereocenters. The highest BCUT2D eigenvalue weighted by Crippen LogP contribution is 2.35. The van der Waals surface area contributed by atoms with Gasteiger partial charge in [0.25, 0.3) is 0 Å². The zero-order chi connectivity index (χ0) is 33.2. The Morgan fingerprint density at radius 2 is 1.80 bits per heavy atom. The van der Waals surface area contributed by atoms with Crippen LogP contribution in [0.4, 0.5) is 10.1 Å². The zero-order valence-corrected chi connectivity index (χ0v) is 26.6. The average molecular weight is 653 g/mol. The summed E-state index contributed by atoms with van der Waals surface area (Å²) >= 11 is 0. The third kappa shape index (κ3) is 6.61. The molecule has 8 rings (SSSR count). The number of benzene rings is 2. The van der Waals surface area contributed by atoms with Gasteiger partial charge in [0.05, 0.1) is 41.4 Å². The molecule has 0 spiro atoms. The summed E-state index contributed by atoms with van der Waals surface area (Å²) in [5.41, 5.74) is 7.32. The molecule has 49 heavy (non-hydrogen) atoms. The number of amides is 1. The molecule has 0 bridgehead atoms. The molecule has 10 nitrogen and oxygen atoms in total. The first kappa shape index (κ1) is 30.4. The lowest BCUT2D eigenvalue weighted by Crippen LogP contribution is -2.25. The maximum Gasteiger partial charge on any atom is 0.228 e. The van der Waals surface area contributed by atoms with Crippen LogP contribution in [0.1, 0.15) is 18.4 Å². The second-order valence-electron chi connectivity index (χ2n) is 12.2. The fraction of sp³-hybridized carbons (Fsp3) is 0.184. The van der Waals surface area contributed by atoms with Gasteiger partial charge in [0.2, 0.25) is 5.91 Å². The third-order valence-corrected chi connectivity index (χ3v) is 8.82. The number of carbonyl (C=O) groups excluding carboxylic acids is 1. The quantitative estimate of drug-likeness (QED) is 0.145. The van der Waals surface area contributed by atoms with Gasteiger partial charge in [-0.05, 0) is 79.0 Å². The van der Waals surface area contributed by atoms with Crippen LogP contribution in [0.25, 0.3) is 55.7 Å². The summed E-state index contributed by atoms with van der Waals surface area (Å²) in [5.74, 6) is 0.0154. The van der Waals surface area contributed by atoms with Gasteiger partial charge < -0.3 is 15.0 Å². The Balaban J connectivity index is 1.06. The molecule has 244 valence electrons. The second-order valence-corrected chi connectivity index (χ2v) is 12.2. The van der Waals surface area contributed by atoms with Crippen LogP contribution in [0.2, 0.25) is 0 Å². The maximum absolute atomic E-state index is 14.8. The number of ether oxygens (including phenoxy) is 1. The van der Waals surface area contributed by atoms with E-state index >= 15 is 0 Å². The predicted octanol–water partition coefficient (Wildman–Crippen LogP) is 7.03. The zero-order valence-electron chi connectivity index (χ0n) is 26.6. The lowest BCUT2D eigenvalue weighted by Gasteiger charge is -2.15. The van der Waals surface area contributed by atoms with Crippen LogP contribution < -0.4 is 10.1 Å². The number of carbonyl (C=O) groups is 1. The van der Waals surface area contributed by atoms with Crippen LogP contribution in [-0.2, 0) is 11.2 Å². The molecule has 0 unspecified atom stereocenters. The van der Waals surface area contributed by atoms with Crippen LogP contribution in [0, 0.1) is 5.82 Å². The summed E-state index contributed by atoms with van der Waals surface area (Å²) in [6, 6.07) is 22.1. The summed E-state index contributed by atoms with van der Waals surface area (Å²) in [7, 11) is 0. The SMILES string of the molecule is O=C(Cc1ccccc1)Nc1cncc(-c2cc3c(-c4cc5c(-c6cc(F)cc(OCCN7CCCC7)c6)ccnc5[nH]4)n[nH]c3cn2)c1.